The first-order valence-corrected chi connectivity index (χ1v) is 8.71. The Morgan fingerprint density at radius 1 is 1.04 bits per heavy atom. The average Bonchev–Trinajstić information content (AvgIpc) is 2.56. The van der Waals surface area contributed by atoms with Gasteiger partial charge in [-0.1, -0.05) is 18.2 Å². The largest absolute Gasteiger partial charge is 0.501 e. The maximum absolute atomic E-state index is 12.7. The van der Waals surface area contributed by atoms with E-state index in [-0.39, 0.29) is 11.3 Å². The third-order valence-electron chi connectivity index (χ3n) is 3.26. The standard InChI is InChI=1S/C16H15F3N2O3S/c1-2-20-13-9-8-12(25(23,24)16(17,18)19)10-14(13)21-15(22)11-6-4-3-5-7-11/h3-10,20H,2H2,1H3,(H,21,22). The molecule has 0 aromatic heterocycles. The molecule has 0 radical (unpaired) electrons. The zero-order chi connectivity index (χ0) is 18.7. The molecule has 0 unspecified atom stereocenters. The number of benzene rings is 2. The summed E-state index contributed by atoms with van der Waals surface area (Å²) < 4.78 is 61.4. The normalized spacial score (nSPS) is 11.8. The Bertz CT molecular complexity index is 866. The molecule has 25 heavy (non-hydrogen) atoms. The summed E-state index contributed by atoms with van der Waals surface area (Å²) in [5.74, 6) is -0.568. The van der Waals surface area contributed by atoms with Crippen LogP contribution in [0.4, 0.5) is 24.5 Å². The van der Waals surface area contributed by atoms with Crippen LogP contribution in [0.1, 0.15) is 17.3 Å². The Morgan fingerprint density at radius 3 is 2.24 bits per heavy atom. The lowest BCUT2D eigenvalue weighted by Gasteiger charge is -2.15. The number of amides is 1. The number of sulfone groups is 1. The molecular weight excluding hydrogens is 357 g/mol. The molecule has 1 amide bonds. The van der Waals surface area contributed by atoms with Gasteiger partial charge in [0.25, 0.3) is 15.7 Å². The summed E-state index contributed by atoms with van der Waals surface area (Å²) in [6, 6.07) is 10.8. The van der Waals surface area contributed by atoms with Crippen molar-refractivity contribution < 1.29 is 26.4 Å². The quantitative estimate of drug-likeness (QED) is 0.840. The van der Waals surface area contributed by atoms with E-state index >= 15 is 0 Å². The van der Waals surface area contributed by atoms with Crippen molar-refractivity contribution in [2.24, 2.45) is 0 Å². The molecule has 0 atom stereocenters. The number of anilines is 2. The van der Waals surface area contributed by atoms with Gasteiger partial charge in [-0.2, -0.15) is 13.2 Å². The van der Waals surface area contributed by atoms with Crippen molar-refractivity contribution in [3.05, 3.63) is 54.1 Å². The van der Waals surface area contributed by atoms with E-state index < -0.39 is 26.1 Å². The van der Waals surface area contributed by atoms with Gasteiger partial charge in [0.15, 0.2) is 0 Å². The molecule has 0 saturated carbocycles. The van der Waals surface area contributed by atoms with E-state index in [0.29, 0.717) is 12.2 Å². The number of hydrogen-bond acceptors (Lipinski definition) is 4. The van der Waals surface area contributed by atoms with Crippen LogP contribution in [0.25, 0.3) is 0 Å². The molecule has 2 rings (SSSR count). The van der Waals surface area contributed by atoms with Crippen LogP contribution in [-0.4, -0.2) is 26.4 Å². The van der Waals surface area contributed by atoms with Gasteiger partial charge in [0.05, 0.1) is 16.3 Å². The highest BCUT2D eigenvalue weighted by Crippen LogP contribution is 2.34. The lowest BCUT2D eigenvalue weighted by Crippen LogP contribution is -2.23. The van der Waals surface area contributed by atoms with E-state index in [1.165, 1.54) is 18.2 Å². The Hall–Kier alpha value is -2.55. The SMILES string of the molecule is CCNc1ccc(S(=O)(=O)C(F)(F)F)cc1NC(=O)c1ccccc1. The number of rotatable bonds is 5. The highest BCUT2D eigenvalue weighted by atomic mass is 32.2. The van der Waals surface area contributed by atoms with Crippen LogP contribution in [-0.2, 0) is 9.84 Å². The van der Waals surface area contributed by atoms with Crippen LogP contribution in [0.5, 0.6) is 0 Å². The van der Waals surface area contributed by atoms with Crippen molar-refractivity contribution in [3.8, 4) is 0 Å². The van der Waals surface area contributed by atoms with Gasteiger partial charge in [0.1, 0.15) is 0 Å². The van der Waals surface area contributed by atoms with Crippen LogP contribution in [0.15, 0.2) is 53.4 Å². The van der Waals surface area contributed by atoms with Crippen LogP contribution < -0.4 is 10.6 Å². The van der Waals surface area contributed by atoms with Crippen molar-refractivity contribution in [1.29, 1.82) is 0 Å². The summed E-state index contributed by atoms with van der Waals surface area (Å²) in [6.07, 6.45) is 0. The molecule has 0 aliphatic carbocycles. The molecular formula is C16H15F3N2O3S. The Kier molecular flexibility index (Phi) is 5.36. The van der Waals surface area contributed by atoms with Crippen molar-refractivity contribution in [2.45, 2.75) is 17.3 Å². The van der Waals surface area contributed by atoms with E-state index in [2.05, 4.69) is 10.6 Å². The van der Waals surface area contributed by atoms with E-state index in [4.69, 9.17) is 0 Å². The summed E-state index contributed by atoms with van der Waals surface area (Å²) in [5, 5.41) is 5.30. The van der Waals surface area contributed by atoms with Crippen LogP contribution in [0.2, 0.25) is 0 Å². The second-order valence-corrected chi connectivity index (χ2v) is 6.95. The van der Waals surface area contributed by atoms with Gasteiger partial charge < -0.3 is 10.6 Å². The Morgan fingerprint density at radius 2 is 1.68 bits per heavy atom. The van der Waals surface area contributed by atoms with Gasteiger partial charge in [-0.05, 0) is 37.3 Å². The van der Waals surface area contributed by atoms with E-state index in [1.807, 2.05) is 0 Å². The maximum Gasteiger partial charge on any atom is 0.501 e. The summed E-state index contributed by atoms with van der Waals surface area (Å²) >= 11 is 0. The van der Waals surface area contributed by atoms with Crippen LogP contribution >= 0.6 is 0 Å². The number of carbonyl (C=O) groups excluding carboxylic acids is 1. The van der Waals surface area contributed by atoms with Gasteiger partial charge in [-0.25, -0.2) is 8.42 Å². The summed E-state index contributed by atoms with van der Waals surface area (Å²) in [5.41, 5.74) is -4.88. The smallest absolute Gasteiger partial charge is 0.384 e. The minimum atomic E-state index is -5.51. The first-order valence-electron chi connectivity index (χ1n) is 7.22. The van der Waals surface area contributed by atoms with Gasteiger partial charge in [-0.3, -0.25) is 4.79 Å². The number of carbonyl (C=O) groups is 1. The van der Waals surface area contributed by atoms with Gasteiger partial charge in [0.2, 0.25) is 0 Å². The van der Waals surface area contributed by atoms with Gasteiger partial charge >= 0.3 is 5.51 Å². The molecule has 2 N–H and O–H groups in total. The summed E-state index contributed by atoms with van der Waals surface area (Å²) in [6.45, 7) is 2.18. The van der Waals surface area contributed by atoms with Crippen LogP contribution in [0.3, 0.4) is 0 Å². The second kappa shape index (κ2) is 7.14. The van der Waals surface area contributed by atoms with Crippen molar-refractivity contribution in [2.75, 3.05) is 17.2 Å². The average molecular weight is 372 g/mol. The summed E-state index contributed by atoms with van der Waals surface area (Å²) in [7, 11) is -5.51. The van der Waals surface area contributed by atoms with E-state index in [9.17, 15) is 26.4 Å². The second-order valence-electron chi connectivity index (χ2n) is 5.01. The number of hydrogen-bond donors (Lipinski definition) is 2. The van der Waals surface area contributed by atoms with E-state index in [1.54, 1.807) is 25.1 Å². The molecule has 9 heteroatoms. The molecule has 0 fully saturated rings. The van der Waals surface area contributed by atoms with Gasteiger partial charge in [-0.15, -0.1) is 0 Å². The Balaban J connectivity index is 2.44. The fourth-order valence-corrected chi connectivity index (χ4v) is 2.84. The predicted octanol–water partition coefficient (Wildman–Crippen LogP) is 3.66. The predicted molar refractivity (Wildman–Crippen MR) is 88.2 cm³/mol. The van der Waals surface area contributed by atoms with Crippen molar-refractivity contribution in [3.63, 3.8) is 0 Å². The lowest BCUT2D eigenvalue weighted by atomic mass is 10.2. The topological polar surface area (TPSA) is 75.3 Å². The molecule has 0 aliphatic rings. The van der Waals surface area contributed by atoms with Crippen molar-refractivity contribution in [1.82, 2.24) is 0 Å². The number of alkyl halides is 3. The first kappa shape index (κ1) is 18.8. The van der Waals surface area contributed by atoms with Gasteiger partial charge in [0, 0.05) is 12.1 Å². The van der Waals surface area contributed by atoms with Crippen LogP contribution in [0, 0.1) is 0 Å². The maximum atomic E-state index is 12.7. The number of halogens is 3. The van der Waals surface area contributed by atoms with E-state index in [0.717, 1.165) is 12.1 Å². The molecule has 0 heterocycles. The lowest BCUT2D eigenvalue weighted by molar-refractivity contribution is -0.0436. The molecule has 2 aromatic carbocycles. The third-order valence-corrected chi connectivity index (χ3v) is 4.74. The molecule has 0 bridgehead atoms. The first-order chi connectivity index (χ1) is 11.7. The monoisotopic (exact) mass is 372 g/mol. The zero-order valence-electron chi connectivity index (χ0n) is 13.1. The fourth-order valence-electron chi connectivity index (χ4n) is 2.06. The third kappa shape index (κ3) is 4.11. The minimum Gasteiger partial charge on any atom is -0.384 e. The molecule has 0 spiro atoms. The Labute approximate surface area is 142 Å². The fraction of sp³-hybridized carbons (Fsp3) is 0.188. The zero-order valence-corrected chi connectivity index (χ0v) is 13.9. The number of nitrogens with one attached hydrogen (secondary N) is 2. The molecule has 134 valence electrons. The molecule has 2 aromatic rings. The highest BCUT2D eigenvalue weighted by Gasteiger charge is 2.47. The molecule has 0 aliphatic heterocycles. The molecule has 5 nitrogen and oxygen atoms in total. The summed E-state index contributed by atoms with van der Waals surface area (Å²) in [4.78, 5) is 11.3. The van der Waals surface area contributed by atoms with Crippen molar-refractivity contribution >= 4 is 27.1 Å². The highest BCUT2D eigenvalue weighted by molar-refractivity contribution is 7.92. The minimum absolute atomic E-state index is 0.0546. The molecule has 0 saturated heterocycles.